The lowest BCUT2D eigenvalue weighted by Gasteiger charge is -2.10. The van der Waals surface area contributed by atoms with Crippen molar-refractivity contribution in [2.45, 2.75) is 13.3 Å². The summed E-state index contributed by atoms with van der Waals surface area (Å²) in [6, 6.07) is 5.02. The second-order valence-electron chi connectivity index (χ2n) is 3.20. The van der Waals surface area contributed by atoms with Crippen molar-refractivity contribution in [3.05, 3.63) is 23.8 Å². The Morgan fingerprint density at radius 1 is 1.31 bits per heavy atom. The van der Waals surface area contributed by atoms with Gasteiger partial charge in [-0.1, -0.05) is 6.92 Å². The fourth-order valence-corrected chi connectivity index (χ4v) is 1.24. The maximum absolute atomic E-state index is 11.5. The molecular weight excluding hydrogens is 208 g/mol. The van der Waals surface area contributed by atoms with Crippen LogP contribution in [0.4, 0.5) is 0 Å². The van der Waals surface area contributed by atoms with Crippen LogP contribution in [0.25, 0.3) is 0 Å². The molecule has 1 aromatic rings. The lowest BCUT2D eigenvalue weighted by Crippen LogP contribution is -2.06. The van der Waals surface area contributed by atoms with E-state index in [1.54, 1.807) is 25.3 Å². The number of benzene rings is 1. The van der Waals surface area contributed by atoms with E-state index < -0.39 is 5.97 Å². The first-order valence-corrected chi connectivity index (χ1v) is 5.12. The third kappa shape index (κ3) is 2.89. The SMILES string of the molecule is CCCOc1cc(OC)ccc1C(=O)OC. The molecule has 0 spiro atoms. The number of esters is 1. The van der Waals surface area contributed by atoms with E-state index in [4.69, 9.17) is 9.47 Å². The molecular formula is C12H16O4. The average molecular weight is 224 g/mol. The second kappa shape index (κ2) is 6.00. The second-order valence-corrected chi connectivity index (χ2v) is 3.20. The van der Waals surface area contributed by atoms with Crippen molar-refractivity contribution in [3.8, 4) is 11.5 Å². The van der Waals surface area contributed by atoms with Crippen LogP contribution >= 0.6 is 0 Å². The van der Waals surface area contributed by atoms with Gasteiger partial charge in [-0.3, -0.25) is 0 Å². The van der Waals surface area contributed by atoms with Crippen LogP contribution in [-0.2, 0) is 4.74 Å². The molecule has 1 aromatic carbocycles. The van der Waals surface area contributed by atoms with Gasteiger partial charge in [0.25, 0.3) is 0 Å². The molecule has 0 atom stereocenters. The van der Waals surface area contributed by atoms with Gasteiger partial charge in [0, 0.05) is 6.07 Å². The average Bonchev–Trinajstić information content (AvgIpc) is 2.34. The summed E-state index contributed by atoms with van der Waals surface area (Å²) in [5.74, 6) is 0.737. The maximum Gasteiger partial charge on any atom is 0.341 e. The first kappa shape index (κ1) is 12.4. The number of methoxy groups -OCH3 is 2. The summed E-state index contributed by atoms with van der Waals surface area (Å²) in [6.07, 6.45) is 0.873. The first-order valence-electron chi connectivity index (χ1n) is 5.12. The summed E-state index contributed by atoms with van der Waals surface area (Å²) in [5, 5.41) is 0. The minimum Gasteiger partial charge on any atom is -0.497 e. The molecule has 0 fully saturated rings. The van der Waals surface area contributed by atoms with Gasteiger partial charge in [-0.25, -0.2) is 4.79 Å². The van der Waals surface area contributed by atoms with Crippen molar-refractivity contribution in [1.29, 1.82) is 0 Å². The topological polar surface area (TPSA) is 44.8 Å². The standard InChI is InChI=1S/C12H16O4/c1-4-7-16-11-8-9(14-2)5-6-10(11)12(13)15-3/h5-6,8H,4,7H2,1-3H3. The van der Waals surface area contributed by atoms with Gasteiger partial charge in [-0.2, -0.15) is 0 Å². The van der Waals surface area contributed by atoms with E-state index in [9.17, 15) is 4.79 Å². The molecule has 0 radical (unpaired) electrons. The molecule has 4 nitrogen and oxygen atoms in total. The largest absolute Gasteiger partial charge is 0.497 e. The minimum absolute atomic E-state index is 0.409. The number of ether oxygens (including phenoxy) is 3. The van der Waals surface area contributed by atoms with Crippen LogP contribution in [0.1, 0.15) is 23.7 Å². The van der Waals surface area contributed by atoms with E-state index in [-0.39, 0.29) is 0 Å². The zero-order chi connectivity index (χ0) is 12.0. The first-order chi connectivity index (χ1) is 7.72. The monoisotopic (exact) mass is 224 g/mol. The number of carbonyl (C=O) groups is 1. The van der Waals surface area contributed by atoms with Crippen LogP contribution in [0.2, 0.25) is 0 Å². The molecule has 0 bridgehead atoms. The summed E-state index contributed by atoms with van der Waals surface area (Å²) in [5.41, 5.74) is 0.414. The summed E-state index contributed by atoms with van der Waals surface area (Å²) in [6.45, 7) is 2.55. The molecule has 0 aliphatic heterocycles. The molecule has 88 valence electrons. The van der Waals surface area contributed by atoms with Crippen molar-refractivity contribution in [2.24, 2.45) is 0 Å². The van der Waals surface area contributed by atoms with E-state index in [0.717, 1.165) is 6.42 Å². The minimum atomic E-state index is -0.409. The smallest absolute Gasteiger partial charge is 0.341 e. The van der Waals surface area contributed by atoms with Gasteiger partial charge in [0.05, 0.1) is 20.8 Å². The van der Waals surface area contributed by atoms with Gasteiger partial charge < -0.3 is 14.2 Å². The predicted octanol–water partition coefficient (Wildman–Crippen LogP) is 2.27. The van der Waals surface area contributed by atoms with Crippen LogP contribution in [0.5, 0.6) is 11.5 Å². The van der Waals surface area contributed by atoms with Gasteiger partial charge in [-0.05, 0) is 18.6 Å². The lowest BCUT2D eigenvalue weighted by atomic mass is 10.2. The molecule has 0 aliphatic rings. The fourth-order valence-electron chi connectivity index (χ4n) is 1.24. The Labute approximate surface area is 95.1 Å². The van der Waals surface area contributed by atoms with Crippen molar-refractivity contribution >= 4 is 5.97 Å². The molecule has 0 unspecified atom stereocenters. The van der Waals surface area contributed by atoms with E-state index in [0.29, 0.717) is 23.7 Å². The molecule has 16 heavy (non-hydrogen) atoms. The van der Waals surface area contributed by atoms with Gasteiger partial charge >= 0.3 is 5.97 Å². The molecule has 0 aromatic heterocycles. The zero-order valence-electron chi connectivity index (χ0n) is 9.78. The molecule has 0 saturated carbocycles. The van der Waals surface area contributed by atoms with Gasteiger partial charge in [-0.15, -0.1) is 0 Å². The Balaban J connectivity index is 3.00. The number of rotatable bonds is 5. The highest BCUT2D eigenvalue weighted by atomic mass is 16.5. The third-order valence-corrected chi connectivity index (χ3v) is 2.06. The summed E-state index contributed by atoms with van der Waals surface area (Å²) < 4.78 is 15.2. The van der Waals surface area contributed by atoms with Crippen LogP contribution in [0.3, 0.4) is 0 Å². The molecule has 0 amide bonds. The Hall–Kier alpha value is -1.71. The van der Waals surface area contributed by atoms with Gasteiger partial charge in [0.2, 0.25) is 0 Å². The number of hydrogen-bond donors (Lipinski definition) is 0. The van der Waals surface area contributed by atoms with Crippen molar-refractivity contribution in [2.75, 3.05) is 20.8 Å². The zero-order valence-corrected chi connectivity index (χ0v) is 9.78. The van der Waals surface area contributed by atoms with E-state index in [1.165, 1.54) is 7.11 Å². The highest BCUT2D eigenvalue weighted by Gasteiger charge is 2.13. The Bertz CT molecular complexity index is 360. The van der Waals surface area contributed by atoms with E-state index in [2.05, 4.69) is 4.74 Å². The van der Waals surface area contributed by atoms with E-state index in [1.807, 2.05) is 6.92 Å². The predicted molar refractivity (Wildman–Crippen MR) is 60.1 cm³/mol. The molecule has 0 heterocycles. The number of hydrogen-bond acceptors (Lipinski definition) is 4. The Morgan fingerprint density at radius 2 is 2.06 bits per heavy atom. The molecule has 0 aliphatic carbocycles. The highest BCUT2D eigenvalue weighted by Crippen LogP contribution is 2.25. The molecule has 0 saturated heterocycles. The van der Waals surface area contributed by atoms with E-state index >= 15 is 0 Å². The van der Waals surface area contributed by atoms with Gasteiger partial charge in [0.1, 0.15) is 17.1 Å². The molecule has 4 heteroatoms. The maximum atomic E-state index is 11.5. The number of carbonyl (C=O) groups excluding carboxylic acids is 1. The van der Waals surface area contributed by atoms with Gasteiger partial charge in [0.15, 0.2) is 0 Å². The Kier molecular flexibility index (Phi) is 4.64. The van der Waals surface area contributed by atoms with Crippen LogP contribution < -0.4 is 9.47 Å². The summed E-state index contributed by atoms with van der Waals surface area (Å²) in [4.78, 5) is 11.5. The fraction of sp³-hybridized carbons (Fsp3) is 0.417. The Morgan fingerprint density at radius 3 is 2.62 bits per heavy atom. The summed E-state index contributed by atoms with van der Waals surface area (Å²) >= 11 is 0. The lowest BCUT2D eigenvalue weighted by molar-refractivity contribution is 0.0596. The quantitative estimate of drug-likeness (QED) is 0.720. The highest BCUT2D eigenvalue weighted by molar-refractivity contribution is 5.92. The molecule has 1 rings (SSSR count). The van der Waals surface area contributed by atoms with Crippen molar-refractivity contribution < 1.29 is 19.0 Å². The summed E-state index contributed by atoms with van der Waals surface area (Å²) in [7, 11) is 2.91. The van der Waals surface area contributed by atoms with Crippen LogP contribution in [0, 0.1) is 0 Å². The third-order valence-electron chi connectivity index (χ3n) is 2.06. The normalized spacial score (nSPS) is 9.69. The van der Waals surface area contributed by atoms with Crippen LogP contribution in [0.15, 0.2) is 18.2 Å². The van der Waals surface area contributed by atoms with Crippen molar-refractivity contribution in [3.63, 3.8) is 0 Å². The van der Waals surface area contributed by atoms with Crippen LogP contribution in [-0.4, -0.2) is 26.8 Å². The molecule has 0 N–H and O–H groups in total. The van der Waals surface area contributed by atoms with Crippen molar-refractivity contribution in [1.82, 2.24) is 0 Å².